The highest BCUT2D eigenvalue weighted by molar-refractivity contribution is 7.16. The third-order valence-electron chi connectivity index (χ3n) is 2.22. The zero-order valence-corrected chi connectivity index (χ0v) is 11.1. The van der Waals surface area contributed by atoms with Crippen LogP contribution in [0.1, 0.15) is 21.6 Å². The van der Waals surface area contributed by atoms with Gasteiger partial charge in [0, 0.05) is 16.7 Å². The van der Waals surface area contributed by atoms with Crippen LogP contribution in [0.25, 0.3) is 0 Å². The van der Waals surface area contributed by atoms with Crippen molar-refractivity contribution >= 4 is 34.3 Å². The van der Waals surface area contributed by atoms with E-state index in [0.29, 0.717) is 0 Å². The zero-order valence-electron chi connectivity index (χ0n) is 8.74. The van der Waals surface area contributed by atoms with Gasteiger partial charge >= 0.3 is 0 Å². The van der Waals surface area contributed by atoms with Gasteiger partial charge in [-0.15, -0.1) is 22.7 Å². The molecular formula is C10H12ClN3S2. The van der Waals surface area contributed by atoms with Gasteiger partial charge < -0.3 is 0 Å². The van der Waals surface area contributed by atoms with Crippen molar-refractivity contribution in [3.05, 3.63) is 37.4 Å². The number of nitrogens with one attached hydrogen (secondary N) is 1. The van der Waals surface area contributed by atoms with Gasteiger partial charge in [-0.25, -0.2) is 4.98 Å². The molecule has 0 fully saturated rings. The molecule has 0 aliphatic heterocycles. The van der Waals surface area contributed by atoms with Crippen LogP contribution in [0.3, 0.4) is 0 Å². The fourth-order valence-corrected chi connectivity index (χ4v) is 3.22. The van der Waals surface area contributed by atoms with Crippen LogP contribution < -0.4 is 11.3 Å². The van der Waals surface area contributed by atoms with E-state index in [1.165, 1.54) is 0 Å². The van der Waals surface area contributed by atoms with Crippen LogP contribution in [0, 0.1) is 6.92 Å². The first kappa shape index (κ1) is 12.0. The number of halogens is 1. The highest BCUT2D eigenvalue weighted by Gasteiger charge is 2.14. The molecular weight excluding hydrogens is 262 g/mol. The van der Waals surface area contributed by atoms with Gasteiger partial charge in [0.15, 0.2) is 0 Å². The van der Waals surface area contributed by atoms with E-state index < -0.39 is 0 Å². The smallest absolute Gasteiger partial charge is 0.0931 e. The fraction of sp³-hybridized carbons (Fsp3) is 0.300. The summed E-state index contributed by atoms with van der Waals surface area (Å²) in [4.78, 5) is 5.56. The molecule has 0 aromatic carbocycles. The average molecular weight is 274 g/mol. The van der Waals surface area contributed by atoms with Gasteiger partial charge in [-0.3, -0.25) is 11.3 Å². The van der Waals surface area contributed by atoms with E-state index in [0.717, 1.165) is 26.3 Å². The Kier molecular flexibility index (Phi) is 3.94. The fourth-order valence-electron chi connectivity index (χ4n) is 1.47. The van der Waals surface area contributed by atoms with E-state index in [2.05, 4.69) is 15.8 Å². The summed E-state index contributed by atoms with van der Waals surface area (Å²) >= 11 is 9.10. The van der Waals surface area contributed by atoms with Crippen molar-refractivity contribution in [1.82, 2.24) is 10.4 Å². The number of aromatic nitrogens is 1. The second kappa shape index (κ2) is 5.25. The lowest BCUT2D eigenvalue weighted by Crippen LogP contribution is -2.29. The number of thiazole rings is 1. The number of aryl methyl sites for hydroxylation is 1. The molecule has 0 spiro atoms. The van der Waals surface area contributed by atoms with Gasteiger partial charge in [-0.05, 0) is 19.1 Å². The molecule has 2 rings (SSSR count). The first-order chi connectivity index (χ1) is 7.69. The van der Waals surface area contributed by atoms with Crippen LogP contribution in [-0.4, -0.2) is 4.98 Å². The Bertz CT molecular complexity index is 466. The molecule has 86 valence electrons. The maximum Gasteiger partial charge on any atom is 0.0931 e. The predicted octanol–water partition coefficient (Wildman–Crippen LogP) is 2.91. The third-order valence-corrected chi connectivity index (χ3v) is 4.39. The molecule has 2 aromatic rings. The molecule has 1 atom stereocenters. The Labute approximate surface area is 107 Å². The summed E-state index contributed by atoms with van der Waals surface area (Å²) in [5.74, 6) is 5.56. The van der Waals surface area contributed by atoms with E-state index in [1.807, 2.05) is 19.1 Å². The monoisotopic (exact) mass is 273 g/mol. The van der Waals surface area contributed by atoms with Crippen molar-refractivity contribution in [1.29, 1.82) is 0 Å². The molecule has 0 saturated carbocycles. The highest BCUT2D eigenvalue weighted by atomic mass is 35.5. The van der Waals surface area contributed by atoms with Crippen molar-refractivity contribution in [3.8, 4) is 0 Å². The largest absolute Gasteiger partial charge is 0.271 e. The zero-order chi connectivity index (χ0) is 11.5. The average Bonchev–Trinajstić information content (AvgIpc) is 2.84. The van der Waals surface area contributed by atoms with E-state index in [-0.39, 0.29) is 6.04 Å². The second-order valence-corrected chi connectivity index (χ2v) is 6.23. The van der Waals surface area contributed by atoms with E-state index in [9.17, 15) is 0 Å². The molecule has 6 heteroatoms. The standard InChI is InChI=1S/C10H12ClN3S2/c1-6-13-7(5-15-6)4-8(14-12)9-2-3-10(11)16-9/h2-3,5,8,14H,4,12H2,1H3. The summed E-state index contributed by atoms with van der Waals surface area (Å²) in [6, 6.07) is 3.97. The molecule has 0 bridgehead atoms. The van der Waals surface area contributed by atoms with Crippen LogP contribution in [0.2, 0.25) is 4.34 Å². The maximum atomic E-state index is 5.90. The SMILES string of the molecule is Cc1nc(CC(NN)c2ccc(Cl)s2)cs1. The number of thiophene rings is 1. The molecule has 16 heavy (non-hydrogen) atoms. The number of nitrogens with zero attached hydrogens (tertiary/aromatic N) is 1. The molecule has 3 nitrogen and oxygen atoms in total. The van der Waals surface area contributed by atoms with Crippen molar-refractivity contribution in [2.24, 2.45) is 5.84 Å². The van der Waals surface area contributed by atoms with Crippen LogP contribution in [-0.2, 0) is 6.42 Å². The van der Waals surface area contributed by atoms with Gasteiger partial charge in [-0.1, -0.05) is 11.6 Å². The van der Waals surface area contributed by atoms with Crippen LogP contribution in [0.5, 0.6) is 0 Å². The third kappa shape index (κ3) is 2.81. The number of hydrazine groups is 1. The quantitative estimate of drug-likeness (QED) is 0.665. The van der Waals surface area contributed by atoms with E-state index in [4.69, 9.17) is 17.4 Å². The second-order valence-electron chi connectivity index (χ2n) is 3.42. The summed E-state index contributed by atoms with van der Waals surface area (Å²) in [5, 5.41) is 3.14. The van der Waals surface area contributed by atoms with E-state index >= 15 is 0 Å². The van der Waals surface area contributed by atoms with E-state index in [1.54, 1.807) is 22.7 Å². The first-order valence-corrected chi connectivity index (χ1v) is 6.89. The van der Waals surface area contributed by atoms with Gasteiger partial charge in [0.1, 0.15) is 0 Å². The summed E-state index contributed by atoms with van der Waals surface area (Å²) in [6.07, 6.45) is 0.789. The summed E-state index contributed by atoms with van der Waals surface area (Å²) in [6.45, 7) is 2.00. The summed E-state index contributed by atoms with van der Waals surface area (Å²) in [5.41, 5.74) is 3.87. The van der Waals surface area contributed by atoms with Gasteiger partial charge in [0.25, 0.3) is 0 Å². The van der Waals surface area contributed by atoms with Gasteiger partial charge in [-0.2, -0.15) is 0 Å². The number of rotatable bonds is 4. The molecule has 0 aliphatic carbocycles. The molecule has 0 radical (unpaired) electrons. The number of hydrogen-bond donors (Lipinski definition) is 2. The Hall–Kier alpha value is -0.460. The molecule has 0 aliphatic rings. The van der Waals surface area contributed by atoms with Crippen LogP contribution in [0.15, 0.2) is 17.5 Å². The minimum Gasteiger partial charge on any atom is -0.271 e. The first-order valence-electron chi connectivity index (χ1n) is 4.81. The minimum atomic E-state index is 0.0824. The molecule has 0 amide bonds. The molecule has 2 heterocycles. The Morgan fingerprint density at radius 1 is 1.56 bits per heavy atom. The highest BCUT2D eigenvalue weighted by Crippen LogP contribution is 2.28. The lowest BCUT2D eigenvalue weighted by atomic mass is 10.1. The minimum absolute atomic E-state index is 0.0824. The van der Waals surface area contributed by atoms with Crippen molar-refractivity contribution in [2.75, 3.05) is 0 Å². The lowest BCUT2D eigenvalue weighted by molar-refractivity contribution is 0.555. The molecule has 3 N–H and O–H groups in total. The van der Waals surface area contributed by atoms with Crippen LogP contribution in [0.4, 0.5) is 0 Å². The Morgan fingerprint density at radius 2 is 2.38 bits per heavy atom. The maximum absolute atomic E-state index is 5.90. The molecule has 1 unspecified atom stereocenters. The van der Waals surface area contributed by atoms with Crippen LogP contribution >= 0.6 is 34.3 Å². The summed E-state index contributed by atoms with van der Waals surface area (Å²) in [7, 11) is 0. The molecule has 2 aromatic heterocycles. The van der Waals surface area contributed by atoms with Gasteiger partial charge in [0.05, 0.1) is 21.1 Å². The van der Waals surface area contributed by atoms with Crippen molar-refractivity contribution < 1.29 is 0 Å². The Balaban J connectivity index is 2.12. The Morgan fingerprint density at radius 3 is 2.88 bits per heavy atom. The normalized spacial score (nSPS) is 12.9. The molecule has 0 saturated heterocycles. The predicted molar refractivity (Wildman–Crippen MR) is 69.9 cm³/mol. The number of nitrogens with two attached hydrogens (primary N) is 1. The summed E-state index contributed by atoms with van der Waals surface area (Å²) < 4.78 is 0.782. The lowest BCUT2D eigenvalue weighted by Gasteiger charge is -2.12. The van der Waals surface area contributed by atoms with Crippen molar-refractivity contribution in [2.45, 2.75) is 19.4 Å². The number of hydrogen-bond acceptors (Lipinski definition) is 5. The van der Waals surface area contributed by atoms with Crippen molar-refractivity contribution in [3.63, 3.8) is 0 Å². The van der Waals surface area contributed by atoms with Gasteiger partial charge in [0.2, 0.25) is 0 Å². The topological polar surface area (TPSA) is 50.9 Å².